The van der Waals surface area contributed by atoms with Crippen molar-refractivity contribution in [3.05, 3.63) is 77.1 Å². The molecule has 1 fully saturated rings. The van der Waals surface area contributed by atoms with Crippen molar-refractivity contribution in [2.24, 2.45) is 4.99 Å². The molecule has 0 spiro atoms. The molecule has 146 valence electrons. The number of hydrogen-bond acceptors (Lipinski definition) is 5. The number of amidine groups is 1. The van der Waals surface area contributed by atoms with E-state index in [4.69, 9.17) is 0 Å². The van der Waals surface area contributed by atoms with Gasteiger partial charge < -0.3 is 5.32 Å². The number of carbonyl (C=O) groups is 1. The van der Waals surface area contributed by atoms with Gasteiger partial charge in [-0.2, -0.15) is 8.78 Å². The van der Waals surface area contributed by atoms with E-state index < -0.39 is 24.1 Å². The van der Waals surface area contributed by atoms with Crippen molar-refractivity contribution in [2.75, 3.05) is 6.54 Å². The van der Waals surface area contributed by atoms with E-state index in [1.165, 1.54) is 12.1 Å². The average Bonchev–Trinajstić information content (AvgIpc) is 3.06. The number of nitrogens with one attached hydrogen (secondary N) is 1. The second-order valence-corrected chi connectivity index (χ2v) is 7.31. The van der Waals surface area contributed by atoms with E-state index in [1.54, 1.807) is 12.3 Å². The Morgan fingerprint density at radius 1 is 1.24 bits per heavy atom. The molecule has 0 atom stereocenters. The molecular weight excluding hydrogens is 398 g/mol. The summed E-state index contributed by atoms with van der Waals surface area (Å²) in [6.07, 6.45) is 4.49. The molecule has 4 rings (SSSR count). The molecule has 1 aliphatic rings. The lowest BCUT2D eigenvalue weighted by atomic mass is 10.1. The summed E-state index contributed by atoms with van der Waals surface area (Å²) in [7, 11) is 0. The fourth-order valence-corrected chi connectivity index (χ4v) is 3.63. The SMILES string of the molecule is O=C1NC(=NCC(F)(F)c2cccc[n+]2O)SC1=Cc1ccc2ncccc2c1. The standard InChI is InChI=1S/C20H14F2N4O2S/c21-20(22,17-5-1-2-9-26(17)28)12-24-19-25-18(27)16(29-19)11-13-6-7-15-14(10-13)4-3-8-23-15/h1-11H,12H2,(H-,24,25,27,28)/p+1. The smallest absolute Gasteiger partial charge is 0.301 e. The number of nitrogens with zero attached hydrogens (tertiary/aromatic N) is 3. The van der Waals surface area contributed by atoms with Crippen LogP contribution in [0.15, 0.2) is 70.8 Å². The maximum absolute atomic E-state index is 14.3. The Morgan fingerprint density at radius 2 is 2.10 bits per heavy atom. The maximum atomic E-state index is 14.3. The molecule has 0 unspecified atom stereocenters. The van der Waals surface area contributed by atoms with Crippen LogP contribution in [0.25, 0.3) is 17.0 Å². The molecule has 0 bridgehead atoms. The highest BCUT2D eigenvalue weighted by atomic mass is 32.2. The van der Waals surface area contributed by atoms with Crippen molar-refractivity contribution in [3.63, 3.8) is 0 Å². The minimum absolute atomic E-state index is 0.0869. The molecule has 1 aliphatic heterocycles. The van der Waals surface area contributed by atoms with Gasteiger partial charge in [-0.1, -0.05) is 12.1 Å². The predicted octanol–water partition coefficient (Wildman–Crippen LogP) is 3.11. The molecule has 1 saturated heterocycles. The van der Waals surface area contributed by atoms with Gasteiger partial charge in [0.1, 0.15) is 6.54 Å². The molecule has 2 aromatic heterocycles. The highest BCUT2D eigenvalue weighted by molar-refractivity contribution is 8.18. The number of fused-ring (bicyclic) bond motifs is 1. The van der Waals surface area contributed by atoms with Crippen LogP contribution in [0, 0.1) is 0 Å². The Balaban J connectivity index is 1.52. The molecule has 29 heavy (non-hydrogen) atoms. The second kappa shape index (κ2) is 7.59. The van der Waals surface area contributed by atoms with Crippen molar-refractivity contribution in [1.82, 2.24) is 10.3 Å². The van der Waals surface area contributed by atoms with Gasteiger partial charge in [0.2, 0.25) is 6.20 Å². The second-order valence-electron chi connectivity index (χ2n) is 6.28. The van der Waals surface area contributed by atoms with Gasteiger partial charge in [0, 0.05) is 28.4 Å². The van der Waals surface area contributed by atoms with Crippen LogP contribution < -0.4 is 10.0 Å². The van der Waals surface area contributed by atoms with Gasteiger partial charge in [0.15, 0.2) is 5.17 Å². The summed E-state index contributed by atoms with van der Waals surface area (Å²) in [6, 6.07) is 13.2. The minimum atomic E-state index is -3.40. The number of rotatable bonds is 4. The lowest BCUT2D eigenvalue weighted by Crippen LogP contribution is -2.41. The van der Waals surface area contributed by atoms with E-state index in [0.717, 1.165) is 40.5 Å². The molecule has 0 saturated carbocycles. The topological polar surface area (TPSA) is 78.5 Å². The van der Waals surface area contributed by atoms with Crippen LogP contribution >= 0.6 is 11.8 Å². The summed E-state index contributed by atoms with van der Waals surface area (Å²) >= 11 is 0.991. The lowest BCUT2D eigenvalue weighted by molar-refractivity contribution is -0.913. The number of alkyl halides is 2. The fraction of sp³-hybridized carbons (Fsp3) is 0.100. The van der Waals surface area contributed by atoms with Crippen LogP contribution in [0.2, 0.25) is 0 Å². The van der Waals surface area contributed by atoms with Crippen molar-refractivity contribution >= 4 is 39.8 Å². The van der Waals surface area contributed by atoms with Gasteiger partial charge in [-0.3, -0.25) is 20.0 Å². The Kier molecular flexibility index (Phi) is 4.98. The van der Waals surface area contributed by atoms with Gasteiger partial charge >= 0.3 is 11.6 Å². The molecule has 0 aliphatic carbocycles. The Morgan fingerprint density at radius 3 is 2.93 bits per heavy atom. The van der Waals surface area contributed by atoms with E-state index in [2.05, 4.69) is 15.3 Å². The number of hydrogen-bond donors (Lipinski definition) is 2. The molecule has 3 heterocycles. The van der Waals surface area contributed by atoms with Crippen LogP contribution in [0.4, 0.5) is 8.78 Å². The Bertz CT molecular complexity index is 1160. The van der Waals surface area contributed by atoms with Crippen LogP contribution in [0.1, 0.15) is 11.3 Å². The largest absolute Gasteiger partial charge is 0.353 e. The zero-order chi connectivity index (χ0) is 20.4. The molecule has 1 aromatic carbocycles. The summed E-state index contributed by atoms with van der Waals surface area (Å²) in [4.78, 5) is 20.6. The highest BCUT2D eigenvalue weighted by Crippen LogP contribution is 2.29. The van der Waals surface area contributed by atoms with Gasteiger partial charge in [0.05, 0.1) is 10.4 Å². The first-order valence-electron chi connectivity index (χ1n) is 8.61. The first-order valence-corrected chi connectivity index (χ1v) is 9.42. The molecule has 1 amide bonds. The highest BCUT2D eigenvalue weighted by Gasteiger charge is 2.41. The normalized spacial score (nSPS) is 17.2. The van der Waals surface area contributed by atoms with Gasteiger partial charge in [-0.05, 0) is 47.7 Å². The third-order valence-corrected chi connectivity index (χ3v) is 5.16. The summed E-state index contributed by atoms with van der Waals surface area (Å²) < 4.78 is 29.0. The van der Waals surface area contributed by atoms with Crippen molar-refractivity contribution in [1.29, 1.82) is 0 Å². The monoisotopic (exact) mass is 413 g/mol. The number of halogens is 2. The quantitative estimate of drug-likeness (QED) is 0.391. The number of aromatic nitrogens is 2. The predicted molar refractivity (Wildman–Crippen MR) is 105 cm³/mol. The molecule has 6 nitrogen and oxygen atoms in total. The average molecular weight is 413 g/mol. The van der Waals surface area contributed by atoms with E-state index in [-0.39, 0.29) is 5.17 Å². The molecule has 3 aromatic rings. The van der Waals surface area contributed by atoms with Crippen LogP contribution in [0.5, 0.6) is 0 Å². The van der Waals surface area contributed by atoms with E-state index in [9.17, 15) is 18.8 Å². The van der Waals surface area contributed by atoms with Gasteiger partial charge in [0.25, 0.3) is 5.91 Å². The van der Waals surface area contributed by atoms with Crippen LogP contribution in [0.3, 0.4) is 0 Å². The molecule has 2 N–H and O–H groups in total. The summed E-state index contributed by atoms with van der Waals surface area (Å²) in [5, 5.41) is 13.1. The van der Waals surface area contributed by atoms with E-state index in [0.29, 0.717) is 9.64 Å². The first kappa shape index (κ1) is 19.0. The van der Waals surface area contributed by atoms with Crippen molar-refractivity contribution in [2.45, 2.75) is 5.92 Å². The number of pyridine rings is 2. The van der Waals surface area contributed by atoms with Crippen molar-refractivity contribution in [3.8, 4) is 0 Å². The van der Waals surface area contributed by atoms with Gasteiger partial charge in [-0.15, -0.1) is 0 Å². The van der Waals surface area contributed by atoms with E-state index in [1.807, 2.05) is 30.3 Å². The zero-order valence-electron chi connectivity index (χ0n) is 14.9. The lowest BCUT2D eigenvalue weighted by Gasteiger charge is -2.09. The van der Waals surface area contributed by atoms with Crippen molar-refractivity contribution < 1.29 is 23.5 Å². The Labute approximate surface area is 168 Å². The molecular formula is C20H15F2N4O2S+. The van der Waals surface area contributed by atoms with Crippen LogP contribution in [-0.2, 0) is 10.7 Å². The Hall–Kier alpha value is -3.33. The number of thioether (sulfide) groups is 1. The van der Waals surface area contributed by atoms with E-state index >= 15 is 0 Å². The summed E-state index contributed by atoms with van der Waals surface area (Å²) in [5.41, 5.74) is 1.05. The van der Waals surface area contributed by atoms with Gasteiger partial charge in [-0.25, -0.2) is 0 Å². The maximum Gasteiger partial charge on any atom is 0.353 e. The fourth-order valence-electron chi connectivity index (χ4n) is 2.81. The number of carbonyl (C=O) groups excluding carboxylic acids is 1. The zero-order valence-corrected chi connectivity index (χ0v) is 15.7. The molecule has 9 heteroatoms. The summed E-state index contributed by atoms with van der Waals surface area (Å²) in [5.74, 6) is -3.80. The number of amides is 1. The first-order chi connectivity index (χ1) is 13.9. The third-order valence-electron chi connectivity index (χ3n) is 4.21. The summed E-state index contributed by atoms with van der Waals surface area (Å²) in [6.45, 7) is -0.908. The third kappa shape index (κ3) is 4.09. The molecule has 0 radical (unpaired) electrons. The minimum Gasteiger partial charge on any atom is -0.301 e. The number of benzene rings is 1. The number of aliphatic imine (C=N–C) groups is 1. The van der Waals surface area contributed by atoms with Crippen LogP contribution in [-0.4, -0.2) is 27.8 Å².